The van der Waals surface area contributed by atoms with Crippen LogP contribution in [0.3, 0.4) is 0 Å². The Morgan fingerprint density at radius 2 is 1.09 bits per heavy atom. The standard InChI is InChI=1S/C16H13.C13H9.2ClH.Zr/c1-12-10-14-8-5-9-15(16(14)11-12)13-6-3-2-4-7-13;1-3-7-12-10(5-1)9-11-6-2-4-8-13(11)12;;;/h2-11H,1H3;1-9H;2*1H;/q;;;;+2/p-2. The van der Waals surface area contributed by atoms with E-state index in [1.807, 2.05) is 0 Å². The molecule has 0 amide bonds. The van der Waals surface area contributed by atoms with E-state index in [9.17, 15) is 0 Å². The van der Waals surface area contributed by atoms with Crippen LogP contribution in [-0.4, -0.2) is 0 Å². The molecule has 6 rings (SSSR count). The van der Waals surface area contributed by atoms with Crippen molar-refractivity contribution < 1.29 is 17.9 Å². The number of halogens is 2. The van der Waals surface area contributed by atoms with Crippen LogP contribution < -0.4 is 0 Å². The maximum absolute atomic E-state index is 7.66. The van der Waals surface area contributed by atoms with Crippen LogP contribution in [-0.2, 0) is 17.9 Å². The fourth-order valence-electron chi connectivity index (χ4n) is 5.67. The van der Waals surface area contributed by atoms with Crippen molar-refractivity contribution in [3.8, 4) is 22.3 Å². The summed E-state index contributed by atoms with van der Waals surface area (Å²) in [5.41, 5.74) is 11.5. The first-order chi connectivity index (χ1) is 15.6. The van der Waals surface area contributed by atoms with Crippen LogP contribution in [0, 0.1) is 0 Å². The number of rotatable bonds is 3. The van der Waals surface area contributed by atoms with Gasteiger partial charge >= 0.3 is 202 Å². The van der Waals surface area contributed by atoms with E-state index in [0.29, 0.717) is 0 Å². The molecular weight excluding hydrogens is 510 g/mol. The maximum atomic E-state index is 7.66. The quantitative estimate of drug-likeness (QED) is 0.247. The molecule has 0 radical (unpaired) electrons. The Morgan fingerprint density at radius 3 is 1.75 bits per heavy atom. The van der Waals surface area contributed by atoms with Gasteiger partial charge in [0.05, 0.1) is 0 Å². The summed E-state index contributed by atoms with van der Waals surface area (Å²) in [6.45, 7) is 2.21. The molecule has 156 valence electrons. The Bertz CT molecular complexity index is 1330. The summed E-state index contributed by atoms with van der Waals surface area (Å²) in [5.74, 6) is 0. The van der Waals surface area contributed by atoms with Gasteiger partial charge in [0.1, 0.15) is 0 Å². The third-order valence-electron chi connectivity index (χ3n) is 6.97. The van der Waals surface area contributed by atoms with Crippen molar-refractivity contribution in [2.75, 3.05) is 0 Å². The van der Waals surface area contributed by atoms with Gasteiger partial charge in [0.25, 0.3) is 0 Å². The Hall–Kier alpha value is -1.92. The zero-order chi connectivity index (χ0) is 21.9. The molecular formula is C29H22Cl2Zr. The van der Waals surface area contributed by atoms with E-state index in [4.69, 9.17) is 17.0 Å². The third kappa shape index (κ3) is 3.06. The predicted molar refractivity (Wildman–Crippen MR) is 134 cm³/mol. The molecule has 0 saturated carbocycles. The van der Waals surface area contributed by atoms with Gasteiger partial charge in [-0.25, -0.2) is 0 Å². The summed E-state index contributed by atoms with van der Waals surface area (Å²) >= 11 is -3.86. The topological polar surface area (TPSA) is 0 Å². The van der Waals surface area contributed by atoms with Crippen LogP contribution in [0.5, 0.6) is 0 Å². The van der Waals surface area contributed by atoms with E-state index in [1.54, 1.807) is 0 Å². The van der Waals surface area contributed by atoms with Crippen molar-refractivity contribution in [3.05, 3.63) is 125 Å². The summed E-state index contributed by atoms with van der Waals surface area (Å²) in [5, 5.41) is 0. The fraction of sp³-hybridized carbons (Fsp3) is 0.103. The van der Waals surface area contributed by atoms with Gasteiger partial charge in [0.15, 0.2) is 0 Å². The van der Waals surface area contributed by atoms with Gasteiger partial charge < -0.3 is 0 Å². The van der Waals surface area contributed by atoms with Gasteiger partial charge in [0.2, 0.25) is 0 Å². The first-order valence-corrected chi connectivity index (χ1v) is 20.2. The van der Waals surface area contributed by atoms with Crippen LogP contribution in [0.25, 0.3) is 28.3 Å². The van der Waals surface area contributed by atoms with E-state index >= 15 is 0 Å². The summed E-state index contributed by atoms with van der Waals surface area (Å²) in [6, 6.07) is 34.5. The van der Waals surface area contributed by atoms with Gasteiger partial charge in [-0.15, -0.1) is 0 Å². The second kappa shape index (κ2) is 7.84. The molecule has 0 aromatic heterocycles. The SMILES string of the molecule is CC1=Cc2c(-c3ccccc3)cccc2[CH]1[Zr]([Cl])([Cl])[CH]1c2ccccc2-c2ccccc21. The van der Waals surface area contributed by atoms with Gasteiger partial charge in [-0.2, -0.15) is 0 Å². The van der Waals surface area contributed by atoms with E-state index in [2.05, 4.69) is 110 Å². The van der Waals surface area contributed by atoms with Crippen molar-refractivity contribution in [2.45, 2.75) is 14.2 Å². The molecule has 0 N–H and O–H groups in total. The Labute approximate surface area is 201 Å². The van der Waals surface area contributed by atoms with E-state index < -0.39 is 17.9 Å². The van der Waals surface area contributed by atoms with Crippen LogP contribution in [0.2, 0.25) is 0 Å². The third-order valence-corrected chi connectivity index (χ3v) is 19.3. The fourth-order valence-corrected chi connectivity index (χ4v) is 19.3. The average molecular weight is 533 g/mol. The minimum absolute atomic E-state index is 0.111. The molecule has 1 atom stereocenters. The Morgan fingerprint density at radius 1 is 0.562 bits per heavy atom. The number of hydrogen-bond acceptors (Lipinski definition) is 0. The summed E-state index contributed by atoms with van der Waals surface area (Å²) in [6.07, 6.45) is 2.32. The molecule has 4 aromatic rings. The number of fused-ring (bicyclic) bond motifs is 4. The average Bonchev–Trinajstić information content (AvgIpc) is 3.34. The van der Waals surface area contributed by atoms with Crippen molar-refractivity contribution in [3.63, 3.8) is 0 Å². The second-order valence-electron chi connectivity index (χ2n) is 8.78. The molecule has 0 saturated heterocycles. The minimum atomic E-state index is -3.86. The molecule has 2 aliphatic carbocycles. The summed E-state index contributed by atoms with van der Waals surface area (Å²) in [4.78, 5) is 0. The summed E-state index contributed by atoms with van der Waals surface area (Å²) in [7, 11) is 15.3. The van der Waals surface area contributed by atoms with Crippen LogP contribution >= 0.6 is 17.0 Å². The second-order valence-corrected chi connectivity index (χ2v) is 23.5. The van der Waals surface area contributed by atoms with Crippen molar-refractivity contribution >= 4 is 23.1 Å². The van der Waals surface area contributed by atoms with Gasteiger partial charge in [-0.3, -0.25) is 0 Å². The molecule has 0 heterocycles. The predicted octanol–water partition coefficient (Wildman–Crippen LogP) is 9.04. The van der Waals surface area contributed by atoms with Gasteiger partial charge in [0, 0.05) is 0 Å². The van der Waals surface area contributed by atoms with E-state index in [-0.39, 0.29) is 7.25 Å². The zero-order valence-corrected chi connectivity index (χ0v) is 21.7. The van der Waals surface area contributed by atoms with Crippen LogP contribution in [0.1, 0.15) is 36.4 Å². The monoisotopic (exact) mass is 530 g/mol. The van der Waals surface area contributed by atoms with Gasteiger partial charge in [-0.1, -0.05) is 0 Å². The first kappa shape index (κ1) is 20.7. The number of hydrogen-bond donors (Lipinski definition) is 0. The molecule has 0 spiro atoms. The first-order valence-electron chi connectivity index (χ1n) is 11.0. The molecule has 4 aromatic carbocycles. The zero-order valence-electron chi connectivity index (χ0n) is 17.7. The molecule has 0 nitrogen and oxygen atoms in total. The molecule has 32 heavy (non-hydrogen) atoms. The molecule has 3 heteroatoms. The van der Waals surface area contributed by atoms with Crippen molar-refractivity contribution in [1.82, 2.24) is 0 Å². The van der Waals surface area contributed by atoms with Crippen molar-refractivity contribution in [2.24, 2.45) is 0 Å². The molecule has 0 fully saturated rings. The number of allylic oxidation sites excluding steroid dienone is 1. The normalized spacial score (nSPS) is 17.0. The molecule has 1 unspecified atom stereocenters. The summed E-state index contributed by atoms with van der Waals surface area (Å²) < 4.78 is 0.232. The van der Waals surface area contributed by atoms with Crippen molar-refractivity contribution in [1.29, 1.82) is 0 Å². The van der Waals surface area contributed by atoms with E-state index in [1.165, 1.54) is 50.1 Å². The van der Waals surface area contributed by atoms with E-state index in [0.717, 1.165) is 0 Å². The Kier molecular flexibility index (Phi) is 5.07. The molecule has 0 bridgehead atoms. The molecule has 2 aliphatic rings. The Balaban J connectivity index is 1.52. The van der Waals surface area contributed by atoms with Crippen LogP contribution in [0.4, 0.5) is 0 Å². The number of benzene rings is 4. The van der Waals surface area contributed by atoms with Crippen LogP contribution in [0.15, 0.2) is 103 Å². The van der Waals surface area contributed by atoms with Gasteiger partial charge in [-0.05, 0) is 0 Å². The molecule has 0 aliphatic heterocycles.